The molecule has 0 bridgehead atoms. The molecule has 0 aliphatic carbocycles. The number of esters is 1. The van der Waals surface area contributed by atoms with E-state index in [0.29, 0.717) is 12.8 Å². The first-order valence-corrected chi connectivity index (χ1v) is 5.25. The molecular formula is C10H21NO3. The van der Waals surface area contributed by atoms with Crippen molar-refractivity contribution in [1.29, 1.82) is 0 Å². The van der Waals surface area contributed by atoms with Crippen molar-refractivity contribution >= 4 is 5.97 Å². The first-order chi connectivity index (χ1) is 6.72. The number of ether oxygens (including phenoxy) is 1. The summed E-state index contributed by atoms with van der Waals surface area (Å²) in [5.41, 5.74) is 5.60. The van der Waals surface area contributed by atoms with Crippen molar-refractivity contribution in [3.8, 4) is 0 Å². The van der Waals surface area contributed by atoms with Crippen LogP contribution in [0.15, 0.2) is 0 Å². The lowest BCUT2D eigenvalue weighted by molar-refractivity contribution is -0.145. The highest BCUT2D eigenvalue weighted by atomic mass is 16.5. The molecule has 4 nitrogen and oxygen atoms in total. The molecule has 0 amide bonds. The maximum atomic E-state index is 11.2. The summed E-state index contributed by atoms with van der Waals surface area (Å²) < 4.78 is 4.85. The normalized spacial score (nSPS) is 12.5. The van der Waals surface area contributed by atoms with E-state index in [-0.39, 0.29) is 19.2 Å². The van der Waals surface area contributed by atoms with Crippen LogP contribution in [0, 0.1) is 0 Å². The highest BCUT2D eigenvalue weighted by Crippen LogP contribution is 2.03. The average Bonchev–Trinajstić information content (AvgIpc) is 2.18. The van der Waals surface area contributed by atoms with Crippen LogP contribution in [0.4, 0.5) is 0 Å². The number of hydrogen-bond acceptors (Lipinski definition) is 4. The molecule has 0 heterocycles. The van der Waals surface area contributed by atoms with Gasteiger partial charge < -0.3 is 15.6 Å². The van der Waals surface area contributed by atoms with Crippen LogP contribution in [0.3, 0.4) is 0 Å². The fourth-order valence-corrected chi connectivity index (χ4v) is 1.08. The molecule has 0 rings (SSSR count). The van der Waals surface area contributed by atoms with Gasteiger partial charge in [-0.15, -0.1) is 0 Å². The number of aliphatic hydroxyl groups excluding tert-OH is 1. The molecule has 0 radical (unpaired) electrons. The van der Waals surface area contributed by atoms with Crippen molar-refractivity contribution < 1.29 is 14.6 Å². The SMILES string of the molecule is CCCCCC(N)C(=O)OCCCO. The Morgan fingerprint density at radius 1 is 1.43 bits per heavy atom. The van der Waals surface area contributed by atoms with Gasteiger partial charge in [-0.25, -0.2) is 0 Å². The van der Waals surface area contributed by atoms with Crippen LogP contribution in [-0.4, -0.2) is 30.3 Å². The smallest absolute Gasteiger partial charge is 0.322 e. The summed E-state index contributed by atoms with van der Waals surface area (Å²) >= 11 is 0. The molecule has 0 aliphatic heterocycles. The Kier molecular flexibility index (Phi) is 8.57. The minimum absolute atomic E-state index is 0.0400. The fourth-order valence-electron chi connectivity index (χ4n) is 1.08. The van der Waals surface area contributed by atoms with Crippen molar-refractivity contribution in [2.45, 2.75) is 45.1 Å². The van der Waals surface area contributed by atoms with Crippen molar-refractivity contribution in [3.05, 3.63) is 0 Å². The number of unbranched alkanes of at least 4 members (excludes halogenated alkanes) is 2. The van der Waals surface area contributed by atoms with E-state index in [1.54, 1.807) is 0 Å². The first kappa shape index (κ1) is 13.4. The predicted octanol–water partition coefficient (Wildman–Crippen LogP) is 0.820. The van der Waals surface area contributed by atoms with Crippen molar-refractivity contribution in [1.82, 2.24) is 0 Å². The van der Waals surface area contributed by atoms with Gasteiger partial charge in [0.2, 0.25) is 0 Å². The van der Waals surface area contributed by atoms with E-state index >= 15 is 0 Å². The van der Waals surface area contributed by atoms with Crippen LogP contribution in [0.2, 0.25) is 0 Å². The molecule has 3 N–H and O–H groups in total. The van der Waals surface area contributed by atoms with Crippen LogP contribution >= 0.6 is 0 Å². The highest BCUT2D eigenvalue weighted by molar-refractivity contribution is 5.75. The standard InChI is InChI=1S/C10H21NO3/c1-2-3-4-6-9(11)10(13)14-8-5-7-12/h9,12H,2-8,11H2,1H3. The summed E-state index contributed by atoms with van der Waals surface area (Å²) in [5, 5.41) is 8.47. The number of carbonyl (C=O) groups is 1. The largest absolute Gasteiger partial charge is 0.464 e. The maximum Gasteiger partial charge on any atom is 0.322 e. The lowest BCUT2D eigenvalue weighted by Gasteiger charge is -2.10. The van der Waals surface area contributed by atoms with E-state index in [4.69, 9.17) is 15.6 Å². The summed E-state index contributed by atoms with van der Waals surface area (Å²) in [7, 11) is 0. The third-order valence-electron chi connectivity index (χ3n) is 1.97. The molecule has 84 valence electrons. The molecule has 0 aliphatic rings. The minimum Gasteiger partial charge on any atom is -0.464 e. The van der Waals surface area contributed by atoms with Crippen molar-refractivity contribution in [2.75, 3.05) is 13.2 Å². The van der Waals surface area contributed by atoms with Crippen LogP contribution in [-0.2, 0) is 9.53 Å². The van der Waals surface area contributed by atoms with Gasteiger partial charge in [-0.2, -0.15) is 0 Å². The van der Waals surface area contributed by atoms with E-state index in [1.807, 2.05) is 0 Å². The molecule has 0 aromatic rings. The van der Waals surface area contributed by atoms with Crippen molar-refractivity contribution in [3.63, 3.8) is 0 Å². The fraction of sp³-hybridized carbons (Fsp3) is 0.900. The van der Waals surface area contributed by atoms with Gasteiger partial charge in [-0.1, -0.05) is 26.2 Å². The summed E-state index contributed by atoms with van der Waals surface area (Å²) in [6, 6.07) is -0.500. The summed E-state index contributed by atoms with van der Waals surface area (Å²) in [6.45, 7) is 2.40. The molecule has 0 spiro atoms. The van der Waals surface area contributed by atoms with E-state index in [2.05, 4.69) is 6.92 Å². The minimum atomic E-state index is -0.500. The third-order valence-corrected chi connectivity index (χ3v) is 1.97. The Morgan fingerprint density at radius 2 is 2.14 bits per heavy atom. The molecular weight excluding hydrogens is 182 g/mol. The average molecular weight is 203 g/mol. The van der Waals surface area contributed by atoms with E-state index in [0.717, 1.165) is 19.3 Å². The molecule has 0 saturated heterocycles. The lowest BCUT2D eigenvalue weighted by Crippen LogP contribution is -2.32. The topological polar surface area (TPSA) is 72.6 Å². The lowest BCUT2D eigenvalue weighted by atomic mass is 10.1. The van der Waals surface area contributed by atoms with Gasteiger partial charge in [-0.05, 0) is 6.42 Å². The number of nitrogens with two attached hydrogens (primary N) is 1. The Bertz CT molecular complexity index is 150. The monoisotopic (exact) mass is 203 g/mol. The number of rotatable bonds is 8. The number of aliphatic hydroxyl groups is 1. The van der Waals surface area contributed by atoms with Gasteiger partial charge >= 0.3 is 5.97 Å². The summed E-state index contributed by atoms with van der Waals surface area (Å²) in [5.74, 6) is -0.352. The van der Waals surface area contributed by atoms with Gasteiger partial charge in [0.25, 0.3) is 0 Å². The number of carbonyl (C=O) groups excluding carboxylic acids is 1. The molecule has 4 heteroatoms. The molecule has 0 aromatic carbocycles. The zero-order valence-corrected chi connectivity index (χ0v) is 8.87. The molecule has 0 saturated carbocycles. The van der Waals surface area contributed by atoms with E-state index in [9.17, 15) is 4.79 Å². The van der Waals surface area contributed by atoms with Crippen LogP contribution in [0.5, 0.6) is 0 Å². The van der Waals surface area contributed by atoms with Crippen molar-refractivity contribution in [2.24, 2.45) is 5.73 Å². The zero-order chi connectivity index (χ0) is 10.8. The second-order valence-electron chi connectivity index (χ2n) is 3.35. The molecule has 1 unspecified atom stereocenters. The van der Waals surface area contributed by atoms with Crippen LogP contribution in [0.1, 0.15) is 39.0 Å². The first-order valence-electron chi connectivity index (χ1n) is 5.25. The Hall–Kier alpha value is -0.610. The zero-order valence-electron chi connectivity index (χ0n) is 8.87. The van der Waals surface area contributed by atoms with Crippen LogP contribution < -0.4 is 5.73 Å². The molecule has 0 fully saturated rings. The second kappa shape index (κ2) is 8.97. The van der Waals surface area contributed by atoms with Gasteiger partial charge in [0.1, 0.15) is 6.04 Å². The summed E-state index contributed by atoms with van der Waals surface area (Å²) in [4.78, 5) is 11.2. The second-order valence-corrected chi connectivity index (χ2v) is 3.35. The number of hydrogen-bond donors (Lipinski definition) is 2. The molecule has 0 aromatic heterocycles. The highest BCUT2D eigenvalue weighted by Gasteiger charge is 2.13. The van der Waals surface area contributed by atoms with Gasteiger partial charge in [0.05, 0.1) is 6.61 Å². The molecule has 1 atom stereocenters. The third kappa shape index (κ3) is 6.86. The van der Waals surface area contributed by atoms with Crippen LogP contribution in [0.25, 0.3) is 0 Å². The van der Waals surface area contributed by atoms with E-state index < -0.39 is 6.04 Å². The van der Waals surface area contributed by atoms with Gasteiger partial charge in [0.15, 0.2) is 0 Å². The summed E-state index contributed by atoms with van der Waals surface area (Å²) in [6.07, 6.45) is 4.34. The quantitative estimate of drug-likeness (QED) is 0.452. The predicted molar refractivity (Wildman–Crippen MR) is 54.8 cm³/mol. The van der Waals surface area contributed by atoms with Gasteiger partial charge in [0, 0.05) is 13.0 Å². The molecule has 14 heavy (non-hydrogen) atoms. The Balaban J connectivity index is 3.44. The Labute approximate surface area is 85.4 Å². The maximum absolute atomic E-state index is 11.2. The van der Waals surface area contributed by atoms with E-state index in [1.165, 1.54) is 0 Å². The van der Waals surface area contributed by atoms with Gasteiger partial charge in [-0.3, -0.25) is 4.79 Å². The Morgan fingerprint density at radius 3 is 2.71 bits per heavy atom.